The van der Waals surface area contributed by atoms with E-state index in [0.717, 1.165) is 25.7 Å². The molecule has 0 amide bonds. The fourth-order valence-corrected chi connectivity index (χ4v) is 15.1. The highest BCUT2D eigenvalue weighted by Crippen LogP contribution is 2.76. The Morgan fingerprint density at radius 2 is 1.26 bits per heavy atom. The van der Waals surface area contributed by atoms with E-state index in [-0.39, 0.29) is 40.4 Å². The third-order valence-corrected chi connectivity index (χ3v) is 19.8. The predicted octanol–water partition coefficient (Wildman–Crippen LogP) is -0.232. The molecule has 68 heavy (non-hydrogen) atoms. The Hall–Kier alpha value is -1.96. The summed E-state index contributed by atoms with van der Waals surface area (Å²) < 4.78 is 36.2. The quantitative estimate of drug-likeness (QED) is 0.105. The van der Waals surface area contributed by atoms with Crippen LogP contribution in [0.1, 0.15) is 107 Å². The van der Waals surface area contributed by atoms with Crippen molar-refractivity contribution in [1.29, 1.82) is 0 Å². The fraction of sp³-hybridized carbons (Fsp3) is 0.917. The maximum absolute atomic E-state index is 12.7. The molecule has 26 unspecified atom stereocenters. The fourth-order valence-electron chi connectivity index (χ4n) is 15.1. The van der Waals surface area contributed by atoms with Gasteiger partial charge in [0.15, 0.2) is 25.0 Å². The minimum Gasteiger partial charge on any atom is -0.481 e. The summed E-state index contributed by atoms with van der Waals surface area (Å²) in [5.74, 6) is -2.76. The zero-order valence-corrected chi connectivity index (χ0v) is 40.2. The standard InChI is InChI=1S/C48H76O20/c1-19-26(50)28(52)32(56)39(63-19)67-34-29(53)27(51)22(18-49)64-40(34)68-35-31(55)30(54)33(38(59)60)66-41(35)65-25-12-13-45(5)23(43(25,2)3)11-14-48(8)24(45)10-9-20-21-17-46(6,42(61)62)37(58)36(57)44(21,4)15-16-47(20,48)7/h9,19,21-37,39-41,49-58H,10-18H2,1-8H3,(H,59,60)(H,61,62). The molecule has 3 aliphatic heterocycles. The minimum atomic E-state index is -2.06. The van der Waals surface area contributed by atoms with Gasteiger partial charge in [-0.25, -0.2) is 4.79 Å². The van der Waals surface area contributed by atoms with Gasteiger partial charge in [0.25, 0.3) is 0 Å². The zero-order valence-electron chi connectivity index (χ0n) is 40.2. The molecule has 388 valence electrons. The summed E-state index contributed by atoms with van der Waals surface area (Å²) in [5, 5.41) is 130. The van der Waals surface area contributed by atoms with Gasteiger partial charge in [-0.1, -0.05) is 53.2 Å². The van der Waals surface area contributed by atoms with Crippen molar-refractivity contribution >= 4 is 11.9 Å². The molecule has 0 bridgehead atoms. The lowest BCUT2D eigenvalue weighted by Gasteiger charge is -2.72. The van der Waals surface area contributed by atoms with Crippen molar-refractivity contribution < 1.29 is 99.3 Å². The van der Waals surface area contributed by atoms with E-state index >= 15 is 0 Å². The van der Waals surface area contributed by atoms with Crippen molar-refractivity contribution in [3.63, 3.8) is 0 Å². The first-order valence-electron chi connectivity index (χ1n) is 24.4. The molecule has 0 aromatic heterocycles. The third kappa shape index (κ3) is 7.68. The molecule has 3 heterocycles. The van der Waals surface area contributed by atoms with Gasteiger partial charge in [-0.3, -0.25) is 4.79 Å². The van der Waals surface area contributed by atoms with Crippen molar-refractivity contribution in [1.82, 2.24) is 0 Å². The lowest BCUT2D eigenvalue weighted by molar-refractivity contribution is -0.395. The summed E-state index contributed by atoms with van der Waals surface area (Å²) in [4.78, 5) is 25.1. The summed E-state index contributed by atoms with van der Waals surface area (Å²) >= 11 is 0. The summed E-state index contributed by atoms with van der Waals surface area (Å²) in [7, 11) is 0. The molecule has 0 radical (unpaired) electrons. The van der Waals surface area contributed by atoms with E-state index in [2.05, 4.69) is 40.7 Å². The van der Waals surface area contributed by atoms with Crippen LogP contribution in [0.15, 0.2) is 11.6 Å². The molecule has 0 aromatic rings. The number of carboxylic acids is 2. The summed E-state index contributed by atoms with van der Waals surface area (Å²) in [5.41, 5.74) is -2.51. The molecular formula is C48H76O20. The summed E-state index contributed by atoms with van der Waals surface area (Å²) in [6.07, 6.45) is -22.1. The highest BCUT2D eigenvalue weighted by molar-refractivity contribution is 5.75. The Kier molecular flexibility index (Phi) is 13.8. The maximum atomic E-state index is 12.7. The number of hydrogen-bond acceptors (Lipinski definition) is 18. The number of ether oxygens (including phenoxy) is 6. The Morgan fingerprint density at radius 1 is 0.647 bits per heavy atom. The van der Waals surface area contributed by atoms with Crippen LogP contribution in [-0.2, 0) is 38.0 Å². The van der Waals surface area contributed by atoms with Crippen LogP contribution in [0, 0.1) is 50.2 Å². The van der Waals surface area contributed by atoms with Gasteiger partial charge < -0.3 is 89.7 Å². The van der Waals surface area contributed by atoms with E-state index in [1.807, 2.05) is 6.92 Å². The Bertz CT molecular complexity index is 1940. The predicted molar refractivity (Wildman–Crippen MR) is 232 cm³/mol. The Morgan fingerprint density at radius 3 is 1.88 bits per heavy atom. The average Bonchev–Trinajstić information content (AvgIpc) is 3.27. The van der Waals surface area contributed by atoms with Crippen LogP contribution >= 0.6 is 0 Å². The number of fused-ring (bicyclic) bond motifs is 7. The van der Waals surface area contributed by atoms with E-state index in [1.54, 1.807) is 0 Å². The number of aliphatic carboxylic acids is 2. The van der Waals surface area contributed by atoms with Crippen LogP contribution in [0.2, 0.25) is 0 Å². The molecule has 0 spiro atoms. The van der Waals surface area contributed by atoms with E-state index in [9.17, 15) is 70.9 Å². The number of carboxylic acid groups (broad SMARTS) is 2. The monoisotopic (exact) mass is 972 g/mol. The lowest BCUT2D eigenvalue weighted by atomic mass is 9.33. The Labute approximate surface area is 396 Å². The first-order valence-corrected chi connectivity index (χ1v) is 24.4. The molecule has 8 aliphatic rings. The highest BCUT2D eigenvalue weighted by atomic mass is 16.8. The summed E-state index contributed by atoms with van der Waals surface area (Å²) in [6.45, 7) is 15.2. The summed E-state index contributed by atoms with van der Waals surface area (Å²) in [6, 6.07) is 0. The van der Waals surface area contributed by atoms with Gasteiger partial charge in [-0.15, -0.1) is 0 Å². The van der Waals surface area contributed by atoms with Gasteiger partial charge in [0.1, 0.15) is 61.0 Å². The van der Waals surface area contributed by atoms with Crippen molar-refractivity contribution in [3.05, 3.63) is 11.6 Å². The molecule has 12 N–H and O–H groups in total. The highest BCUT2D eigenvalue weighted by Gasteiger charge is 2.71. The van der Waals surface area contributed by atoms with Gasteiger partial charge >= 0.3 is 11.9 Å². The van der Waals surface area contributed by atoms with Crippen LogP contribution in [0.25, 0.3) is 0 Å². The second-order valence-corrected chi connectivity index (χ2v) is 23.5. The molecule has 4 saturated carbocycles. The number of allylic oxidation sites excluding steroid dienone is 2. The molecule has 5 aliphatic carbocycles. The largest absolute Gasteiger partial charge is 0.481 e. The van der Waals surface area contributed by atoms with Crippen molar-refractivity contribution in [3.8, 4) is 0 Å². The molecule has 26 atom stereocenters. The first-order chi connectivity index (χ1) is 31.5. The molecular weight excluding hydrogens is 897 g/mol. The van der Waals surface area contributed by atoms with Crippen LogP contribution in [-0.4, -0.2) is 190 Å². The number of carbonyl (C=O) groups is 2. The molecule has 0 aromatic carbocycles. The van der Waals surface area contributed by atoms with Gasteiger partial charge in [0, 0.05) is 5.41 Å². The average molecular weight is 973 g/mol. The van der Waals surface area contributed by atoms with Gasteiger partial charge in [-0.05, 0) is 105 Å². The van der Waals surface area contributed by atoms with E-state index in [1.165, 1.54) is 19.4 Å². The SMILES string of the molecule is CC1OC(OC2C(OC3C(OC4CCC5(C)C(CCC6(C)C5CC=C5C7CC(C)(C(=O)O)C(O)C(O)C7(C)CCC56C)C4(C)C)OC(C(=O)O)C(O)C3O)OC(CO)C(O)C2O)C(O)C(O)C1O. The van der Waals surface area contributed by atoms with Crippen molar-refractivity contribution in [2.45, 2.75) is 217 Å². The van der Waals surface area contributed by atoms with Gasteiger partial charge in [0.2, 0.25) is 0 Å². The Balaban J connectivity index is 1.06. The smallest absolute Gasteiger partial charge is 0.335 e. The molecule has 20 nitrogen and oxygen atoms in total. The lowest BCUT2D eigenvalue weighted by Crippen LogP contribution is -2.68. The van der Waals surface area contributed by atoms with E-state index in [0.29, 0.717) is 19.3 Å². The first kappa shape index (κ1) is 52.4. The van der Waals surface area contributed by atoms with Gasteiger partial charge in [0.05, 0.1) is 36.4 Å². The zero-order chi connectivity index (χ0) is 50.2. The number of rotatable bonds is 9. The van der Waals surface area contributed by atoms with E-state index < -0.39 is 145 Å². The van der Waals surface area contributed by atoms with Crippen LogP contribution in [0.3, 0.4) is 0 Å². The molecule has 8 rings (SSSR count). The topological polar surface area (TPSA) is 332 Å². The number of hydrogen-bond donors (Lipinski definition) is 12. The van der Waals surface area contributed by atoms with Crippen LogP contribution < -0.4 is 0 Å². The normalized spacial score (nSPS) is 55.7. The van der Waals surface area contributed by atoms with Crippen molar-refractivity contribution in [2.75, 3.05) is 6.61 Å². The maximum Gasteiger partial charge on any atom is 0.335 e. The molecule has 3 saturated heterocycles. The van der Waals surface area contributed by atoms with Gasteiger partial charge in [-0.2, -0.15) is 0 Å². The molecule has 20 heteroatoms. The molecule has 7 fully saturated rings. The second-order valence-electron chi connectivity index (χ2n) is 23.5. The van der Waals surface area contributed by atoms with Crippen LogP contribution in [0.4, 0.5) is 0 Å². The van der Waals surface area contributed by atoms with Crippen molar-refractivity contribution in [2.24, 2.45) is 50.2 Å². The number of aliphatic hydroxyl groups excluding tert-OH is 10. The minimum absolute atomic E-state index is 0.0366. The number of aliphatic hydroxyl groups is 10. The van der Waals surface area contributed by atoms with E-state index in [4.69, 9.17) is 28.4 Å². The second kappa shape index (κ2) is 17.9. The van der Waals surface area contributed by atoms with Crippen LogP contribution in [0.5, 0.6) is 0 Å². The third-order valence-electron chi connectivity index (χ3n) is 19.8.